The number of unbranched alkanes of at least 4 members (excludes halogenated alkanes) is 2. The normalized spacial score (nSPS) is 20.3. The lowest BCUT2D eigenvalue weighted by Gasteiger charge is -2.13. The second-order valence-electron chi connectivity index (χ2n) is 9.05. The van der Waals surface area contributed by atoms with Gasteiger partial charge in [0.05, 0.1) is 0 Å². The topological polar surface area (TPSA) is 65.0 Å². The van der Waals surface area contributed by atoms with Gasteiger partial charge in [0.15, 0.2) is 11.4 Å². The predicted octanol–water partition coefficient (Wildman–Crippen LogP) is 5.12. The Morgan fingerprint density at radius 2 is 1.94 bits per heavy atom. The first kappa shape index (κ1) is 27.4. The van der Waals surface area contributed by atoms with Crippen molar-refractivity contribution in [1.82, 2.24) is 10.3 Å². The number of aromatic nitrogens is 1. The van der Waals surface area contributed by atoms with Crippen LogP contribution in [0.15, 0.2) is 48.2 Å². The van der Waals surface area contributed by atoms with Crippen LogP contribution < -0.4 is 5.32 Å². The van der Waals surface area contributed by atoms with Gasteiger partial charge in [0, 0.05) is 48.5 Å². The maximum atomic E-state index is 10.8. The SMILES string of the molecule is O=CNCCCCCC1C=CC=CC(C=O)C1.[B][N+]1=C(CCC)C=C/C1=C/c1[nH]c(C)cc1C. The number of H-pyrrole nitrogens is 1. The van der Waals surface area contributed by atoms with Crippen LogP contribution in [0.25, 0.3) is 6.08 Å². The summed E-state index contributed by atoms with van der Waals surface area (Å²) in [5.41, 5.74) is 5.78. The van der Waals surface area contributed by atoms with Gasteiger partial charge in [0.2, 0.25) is 6.41 Å². The number of aromatic amines is 1. The number of allylic oxidation sites excluding steroid dienone is 6. The summed E-state index contributed by atoms with van der Waals surface area (Å²) in [5, 5.41) is 2.66. The molecule has 1 aromatic rings. The van der Waals surface area contributed by atoms with E-state index in [-0.39, 0.29) is 5.92 Å². The minimum atomic E-state index is 0.0757. The van der Waals surface area contributed by atoms with Crippen LogP contribution >= 0.6 is 0 Å². The van der Waals surface area contributed by atoms with Crippen LogP contribution in [0, 0.1) is 25.7 Å². The molecule has 180 valence electrons. The first-order valence-corrected chi connectivity index (χ1v) is 12.4. The van der Waals surface area contributed by atoms with E-state index in [1.54, 1.807) is 4.49 Å². The largest absolute Gasteiger partial charge is 0.587 e. The molecule has 2 radical (unpaired) electrons. The zero-order valence-corrected chi connectivity index (χ0v) is 20.9. The Balaban J connectivity index is 0.000000240. The summed E-state index contributed by atoms with van der Waals surface area (Å²) in [5.74, 6) is 0.589. The van der Waals surface area contributed by atoms with E-state index in [2.05, 4.69) is 61.4 Å². The summed E-state index contributed by atoms with van der Waals surface area (Å²) in [4.78, 5) is 24.2. The smallest absolute Gasteiger partial charge is 0.359 e. The van der Waals surface area contributed by atoms with E-state index in [9.17, 15) is 9.59 Å². The zero-order chi connectivity index (χ0) is 24.8. The van der Waals surface area contributed by atoms with Crippen molar-refractivity contribution in [2.24, 2.45) is 11.8 Å². The Bertz CT molecular complexity index is 953. The molecule has 0 spiro atoms. The van der Waals surface area contributed by atoms with E-state index < -0.39 is 0 Å². The number of hydrogen-bond acceptors (Lipinski definition) is 2. The number of nitrogens with zero attached hydrogens (tertiary/aromatic N) is 1. The Labute approximate surface area is 206 Å². The van der Waals surface area contributed by atoms with Crippen molar-refractivity contribution in [3.8, 4) is 0 Å². The van der Waals surface area contributed by atoms with E-state index in [0.717, 1.165) is 75.6 Å². The van der Waals surface area contributed by atoms with Crippen molar-refractivity contribution < 1.29 is 14.1 Å². The van der Waals surface area contributed by atoms with Crippen LogP contribution in [0.3, 0.4) is 0 Å². The minimum absolute atomic E-state index is 0.0757. The third kappa shape index (κ3) is 9.16. The van der Waals surface area contributed by atoms with Crippen molar-refractivity contribution >= 4 is 32.5 Å². The maximum Gasteiger partial charge on any atom is 0.587 e. The highest BCUT2D eigenvalue weighted by Gasteiger charge is 2.18. The predicted molar refractivity (Wildman–Crippen MR) is 142 cm³/mol. The minimum Gasteiger partial charge on any atom is -0.359 e. The molecule has 2 heterocycles. The molecule has 2 atom stereocenters. The zero-order valence-electron chi connectivity index (χ0n) is 20.9. The molecule has 1 aliphatic heterocycles. The highest BCUT2D eigenvalue weighted by Crippen LogP contribution is 2.22. The van der Waals surface area contributed by atoms with Gasteiger partial charge in [-0.05, 0) is 57.1 Å². The molecule has 2 aliphatic rings. The quantitative estimate of drug-likeness (QED) is 0.274. The van der Waals surface area contributed by atoms with Crippen molar-refractivity contribution in [3.63, 3.8) is 0 Å². The number of carbonyl (C=O) groups excluding carboxylic acids is 2. The average Bonchev–Trinajstić information content (AvgIpc) is 3.22. The third-order valence-corrected chi connectivity index (χ3v) is 6.10. The number of aldehydes is 1. The van der Waals surface area contributed by atoms with Gasteiger partial charge in [-0.1, -0.05) is 44.1 Å². The molecule has 0 saturated heterocycles. The standard InChI is InChI=1S/C14H18BN2.C14H21NO2/c1-4-5-12-6-7-13(17(12)15)9-14-10(2)8-11(3)16-14;16-11-14-8-4-3-7-13(10-14)6-2-1-5-9-15-12-17/h6-9,16H,4-5H2,1-3H3;3-4,7-8,11-14H,1-2,5-6,9-10H2,(H,15,17)/q+1;. The monoisotopic (exact) mass is 460 g/mol. The second-order valence-corrected chi connectivity index (χ2v) is 9.05. The molecule has 2 N–H and O–H groups in total. The van der Waals surface area contributed by atoms with Crippen LogP contribution in [0.1, 0.15) is 68.8 Å². The summed E-state index contributed by atoms with van der Waals surface area (Å²) in [6, 6.07) is 2.14. The molecule has 2 unspecified atom stereocenters. The van der Waals surface area contributed by atoms with Gasteiger partial charge < -0.3 is 15.1 Å². The van der Waals surface area contributed by atoms with Crippen LogP contribution in [0.2, 0.25) is 0 Å². The lowest BCUT2D eigenvalue weighted by Crippen LogP contribution is -2.12. The fraction of sp³-hybridized carbons (Fsp3) is 0.464. The molecule has 0 bridgehead atoms. The number of hydrogen-bond donors (Lipinski definition) is 2. The van der Waals surface area contributed by atoms with E-state index in [1.807, 2.05) is 18.2 Å². The molecule has 1 aliphatic carbocycles. The number of nitrogens with one attached hydrogen (secondary N) is 2. The van der Waals surface area contributed by atoms with E-state index in [0.29, 0.717) is 5.92 Å². The van der Waals surface area contributed by atoms with Gasteiger partial charge in [-0.3, -0.25) is 9.28 Å². The first-order chi connectivity index (χ1) is 16.5. The summed E-state index contributed by atoms with van der Waals surface area (Å²) in [6.45, 7) is 7.10. The Kier molecular flexibility index (Phi) is 12.2. The van der Waals surface area contributed by atoms with E-state index in [4.69, 9.17) is 7.98 Å². The average molecular weight is 460 g/mol. The Hall–Kier alpha value is -2.89. The molecular weight excluding hydrogens is 421 g/mol. The Morgan fingerprint density at radius 3 is 2.62 bits per heavy atom. The van der Waals surface area contributed by atoms with Gasteiger partial charge in [-0.25, -0.2) is 0 Å². The summed E-state index contributed by atoms with van der Waals surface area (Å²) in [6.07, 6.45) is 23.7. The summed E-state index contributed by atoms with van der Waals surface area (Å²) < 4.78 is 1.78. The molecule has 0 saturated carbocycles. The van der Waals surface area contributed by atoms with Crippen molar-refractivity contribution in [3.05, 3.63) is 65.2 Å². The first-order valence-electron chi connectivity index (χ1n) is 12.4. The highest BCUT2D eigenvalue weighted by atomic mass is 16.1. The molecule has 5 nitrogen and oxygen atoms in total. The number of aryl methyl sites for hydroxylation is 2. The molecule has 6 heteroatoms. The highest BCUT2D eigenvalue weighted by molar-refractivity contribution is 6.06. The van der Waals surface area contributed by atoms with E-state index >= 15 is 0 Å². The third-order valence-electron chi connectivity index (χ3n) is 6.10. The van der Waals surface area contributed by atoms with Gasteiger partial charge in [0.25, 0.3) is 0 Å². The molecule has 34 heavy (non-hydrogen) atoms. The number of rotatable bonds is 11. The molecule has 3 rings (SSSR count). The van der Waals surface area contributed by atoms with Gasteiger partial charge in [0.1, 0.15) is 6.29 Å². The van der Waals surface area contributed by atoms with Crippen LogP contribution in [-0.2, 0) is 9.59 Å². The lowest BCUT2D eigenvalue weighted by molar-refractivity contribution is -0.300. The molecule has 1 aromatic heterocycles. The summed E-state index contributed by atoms with van der Waals surface area (Å²) >= 11 is 0. The van der Waals surface area contributed by atoms with Gasteiger partial charge >= 0.3 is 7.98 Å². The van der Waals surface area contributed by atoms with E-state index in [1.165, 1.54) is 17.0 Å². The van der Waals surface area contributed by atoms with Crippen LogP contribution in [0.5, 0.6) is 0 Å². The Morgan fingerprint density at radius 1 is 1.15 bits per heavy atom. The molecule has 0 aromatic carbocycles. The molecular formula is C28H39BN3O2+. The number of carbonyl (C=O) groups is 2. The van der Waals surface area contributed by atoms with Crippen LogP contribution in [-0.4, -0.2) is 42.4 Å². The van der Waals surface area contributed by atoms with Crippen molar-refractivity contribution in [1.29, 1.82) is 0 Å². The summed E-state index contributed by atoms with van der Waals surface area (Å²) in [7, 11) is 6.07. The number of amides is 1. The fourth-order valence-corrected chi connectivity index (χ4v) is 4.25. The second kappa shape index (κ2) is 15.1. The van der Waals surface area contributed by atoms with Gasteiger partial charge in [-0.2, -0.15) is 0 Å². The lowest BCUT2D eigenvalue weighted by atomic mass is 9.92. The molecule has 0 fully saturated rings. The van der Waals surface area contributed by atoms with Crippen molar-refractivity contribution in [2.45, 2.75) is 65.7 Å². The van der Waals surface area contributed by atoms with Crippen LogP contribution in [0.4, 0.5) is 0 Å². The van der Waals surface area contributed by atoms with Gasteiger partial charge in [-0.15, -0.1) is 0 Å². The molecule has 1 amide bonds. The fourth-order valence-electron chi connectivity index (χ4n) is 4.25. The maximum absolute atomic E-state index is 10.8. The van der Waals surface area contributed by atoms with Crippen molar-refractivity contribution in [2.75, 3.05) is 6.54 Å².